The summed E-state index contributed by atoms with van der Waals surface area (Å²) in [7, 11) is 0. The average molecular weight is 331 g/mol. The molecule has 0 aromatic carbocycles. The number of nitrogens with one attached hydrogen (secondary N) is 1. The molecule has 1 fully saturated rings. The summed E-state index contributed by atoms with van der Waals surface area (Å²) < 4.78 is 1.08. The molecule has 4 heteroatoms. The molecule has 1 aromatic rings. The van der Waals surface area contributed by atoms with Crippen molar-refractivity contribution in [1.82, 2.24) is 9.97 Å². The van der Waals surface area contributed by atoms with Crippen LogP contribution in [0.1, 0.15) is 38.5 Å². The third kappa shape index (κ3) is 3.88. The van der Waals surface area contributed by atoms with Crippen molar-refractivity contribution in [3.8, 4) is 0 Å². The van der Waals surface area contributed by atoms with Crippen molar-refractivity contribution in [3.63, 3.8) is 0 Å². The molecule has 0 unspecified atom stereocenters. The number of anilines is 1. The number of rotatable bonds is 5. The number of halogens is 1. The van der Waals surface area contributed by atoms with Gasteiger partial charge in [0, 0.05) is 22.5 Å². The second-order valence-corrected chi connectivity index (χ2v) is 5.69. The van der Waals surface area contributed by atoms with Crippen LogP contribution in [-0.4, -0.2) is 16.5 Å². The largest absolute Gasteiger partial charge is 0.354 e. The van der Waals surface area contributed by atoms with Crippen molar-refractivity contribution >= 4 is 28.5 Å². The Balaban J connectivity index is 1.62. The second-order valence-electron chi connectivity index (χ2n) is 4.44. The summed E-state index contributed by atoms with van der Waals surface area (Å²) in [5.41, 5.74) is 0. The van der Waals surface area contributed by atoms with Gasteiger partial charge >= 0.3 is 0 Å². The maximum atomic E-state index is 4.22. The minimum atomic E-state index is 0.756. The number of hydrogen-bond acceptors (Lipinski definition) is 3. The molecule has 88 valence electrons. The molecule has 0 atom stereocenters. The summed E-state index contributed by atoms with van der Waals surface area (Å²) in [4.78, 5) is 8.44. The standard InChI is InChI=1S/C12H18IN3/c13-11-8-15-12(16-9-11)14-7-3-6-10-4-1-2-5-10/h8-10H,1-7H2,(H,14,15,16). The monoisotopic (exact) mass is 331 g/mol. The Morgan fingerprint density at radius 2 is 1.94 bits per heavy atom. The van der Waals surface area contributed by atoms with Crippen LogP contribution in [-0.2, 0) is 0 Å². The Morgan fingerprint density at radius 1 is 1.25 bits per heavy atom. The zero-order chi connectivity index (χ0) is 11.2. The molecule has 0 aliphatic heterocycles. The van der Waals surface area contributed by atoms with Crippen LogP contribution in [0.25, 0.3) is 0 Å². The smallest absolute Gasteiger partial charge is 0.222 e. The summed E-state index contributed by atoms with van der Waals surface area (Å²) in [6.45, 7) is 0.997. The molecule has 1 aliphatic carbocycles. The topological polar surface area (TPSA) is 37.8 Å². The van der Waals surface area contributed by atoms with Crippen LogP contribution in [0.2, 0.25) is 0 Å². The van der Waals surface area contributed by atoms with E-state index < -0.39 is 0 Å². The first-order valence-corrected chi connectivity index (χ1v) is 7.14. The summed E-state index contributed by atoms with van der Waals surface area (Å²) >= 11 is 2.21. The van der Waals surface area contributed by atoms with Gasteiger partial charge < -0.3 is 5.32 Å². The van der Waals surface area contributed by atoms with E-state index in [0.29, 0.717) is 0 Å². The van der Waals surface area contributed by atoms with Crippen LogP contribution in [0, 0.1) is 9.49 Å². The summed E-state index contributed by atoms with van der Waals surface area (Å²) in [6, 6.07) is 0. The van der Waals surface area contributed by atoms with Crippen molar-refractivity contribution in [2.45, 2.75) is 38.5 Å². The molecule has 1 saturated carbocycles. The quantitative estimate of drug-likeness (QED) is 0.663. The summed E-state index contributed by atoms with van der Waals surface area (Å²) in [6.07, 6.45) is 12.0. The van der Waals surface area contributed by atoms with Crippen LogP contribution in [0.3, 0.4) is 0 Å². The minimum Gasteiger partial charge on any atom is -0.354 e. The van der Waals surface area contributed by atoms with Crippen LogP contribution in [0.4, 0.5) is 5.95 Å². The highest BCUT2D eigenvalue weighted by Gasteiger charge is 2.13. The highest BCUT2D eigenvalue weighted by Crippen LogP contribution is 2.28. The van der Waals surface area contributed by atoms with E-state index in [-0.39, 0.29) is 0 Å². The molecular weight excluding hydrogens is 313 g/mol. The predicted molar refractivity (Wildman–Crippen MR) is 74.4 cm³/mol. The Morgan fingerprint density at radius 3 is 2.62 bits per heavy atom. The van der Waals surface area contributed by atoms with E-state index in [9.17, 15) is 0 Å². The first-order chi connectivity index (χ1) is 7.84. The lowest BCUT2D eigenvalue weighted by atomic mass is 10.0. The second kappa shape index (κ2) is 6.37. The maximum absolute atomic E-state index is 4.22. The van der Waals surface area contributed by atoms with E-state index in [1.54, 1.807) is 0 Å². The SMILES string of the molecule is Ic1cnc(NCCCC2CCCC2)nc1. The van der Waals surface area contributed by atoms with E-state index in [1.807, 2.05) is 12.4 Å². The van der Waals surface area contributed by atoms with Crippen molar-refractivity contribution in [3.05, 3.63) is 16.0 Å². The molecule has 16 heavy (non-hydrogen) atoms. The predicted octanol–water partition coefficient (Wildman–Crippen LogP) is 3.46. The molecule has 0 radical (unpaired) electrons. The van der Waals surface area contributed by atoms with E-state index in [0.717, 1.165) is 22.0 Å². The molecule has 0 spiro atoms. The van der Waals surface area contributed by atoms with Gasteiger partial charge in [-0.15, -0.1) is 0 Å². The van der Waals surface area contributed by atoms with Crippen LogP contribution >= 0.6 is 22.6 Å². The van der Waals surface area contributed by atoms with Gasteiger partial charge in [-0.3, -0.25) is 0 Å². The van der Waals surface area contributed by atoms with Crippen molar-refractivity contribution in [1.29, 1.82) is 0 Å². The maximum Gasteiger partial charge on any atom is 0.222 e. The van der Waals surface area contributed by atoms with Gasteiger partial charge in [-0.2, -0.15) is 0 Å². The van der Waals surface area contributed by atoms with E-state index in [4.69, 9.17) is 0 Å². The van der Waals surface area contributed by atoms with Crippen molar-refractivity contribution < 1.29 is 0 Å². The fourth-order valence-electron chi connectivity index (χ4n) is 2.29. The Labute approximate surface area is 111 Å². The normalized spacial score (nSPS) is 16.6. The third-order valence-electron chi connectivity index (χ3n) is 3.17. The Kier molecular flexibility index (Phi) is 4.81. The highest BCUT2D eigenvalue weighted by molar-refractivity contribution is 14.1. The van der Waals surface area contributed by atoms with Gasteiger partial charge in [0.1, 0.15) is 0 Å². The Bertz CT molecular complexity index is 307. The molecule has 1 aromatic heterocycles. The lowest BCUT2D eigenvalue weighted by Gasteiger charge is -2.08. The summed E-state index contributed by atoms with van der Waals surface area (Å²) in [5.74, 6) is 1.74. The Hall–Kier alpha value is -0.390. The number of aromatic nitrogens is 2. The highest BCUT2D eigenvalue weighted by atomic mass is 127. The molecule has 1 N–H and O–H groups in total. The molecule has 0 saturated heterocycles. The zero-order valence-corrected chi connectivity index (χ0v) is 11.6. The first kappa shape index (κ1) is 12.1. The fraction of sp³-hybridized carbons (Fsp3) is 0.667. The molecule has 2 rings (SSSR count). The lowest BCUT2D eigenvalue weighted by Crippen LogP contribution is -2.06. The zero-order valence-electron chi connectivity index (χ0n) is 9.45. The van der Waals surface area contributed by atoms with E-state index in [2.05, 4.69) is 37.9 Å². The van der Waals surface area contributed by atoms with Crippen molar-refractivity contribution in [2.75, 3.05) is 11.9 Å². The van der Waals surface area contributed by atoms with Gasteiger partial charge in [-0.25, -0.2) is 9.97 Å². The summed E-state index contributed by atoms with van der Waals surface area (Å²) in [5, 5.41) is 3.27. The minimum absolute atomic E-state index is 0.756. The van der Waals surface area contributed by atoms with Crippen molar-refractivity contribution in [2.24, 2.45) is 5.92 Å². The first-order valence-electron chi connectivity index (χ1n) is 6.06. The van der Waals surface area contributed by atoms with Crippen LogP contribution in [0.5, 0.6) is 0 Å². The van der Waals surface area contributed by atoms with Gasteiger partial charge in [0.05, 0.1) is 0 Å². The van der Waals surface area contributed by atoms with E-state index >= 15 is 0 Å². The molecular formula is C12H18IN3. The fourth-order valence-corrected chi connectivity index (χ4v) is 2.57. The number of hydrogen-bond donors (Lipinski definition) is 1. The molecule has 0 amide bonds. The molecule has 1 aliphatic rings. The van der Waals surface area contributed by atoms with Gasteiger partial charge in [-0.1, -0.05) is 25.7 Å². The van der Waals surface area contributed by atoms with Gasteiger partial charge in [0.2, 0.25) is 5.95 Å². The lowest BCUT2D eigenvalue weighted by molar-refractivity contribution is 0.491. The van der Waals surface area contributed by atoms with Gasteiger partial charge in [0.15, 0.2) is 0 Å². The van der Waals surface area contributed by atoms with Crippen LogP contribution < -0.4 is 5.32 Å². The average Bonchev–Trinajstić information content (AvgIpc) is 2.80. The number of nitrogens with zero attached hydrogens (tertiary/aromatic N) is 2. The van der Waals surface area contributed by atoms with E-state index in [1.165, 1.54) is 38.5 Å². The molecule has 3 nitrogen and oxygen atoms in total. The van der Waals surface area contributed by atoms with Gasteiger partial charge in [-0.05, 0) is 41.4 Å². The molecule has 0 bridgehead atoms. The van der Waals surface area contributed by atoms with Gasteiger partial charge in [0.25, 0.3) is 0 Å². The third-order valence-corrected chi connectivity index (χ3v) is 3.72. The van der Waals surface area contributed by atoms with Crippen LogP contribution in [0.15, 0.2) is 12.4 Å². The molecule has 1 heterocycles.